The van der Waals surface area contributed by atoms with Gasteiger partial charge in [0, 0.05) is 17.3 Å². The normalized spacial score (nSPS) is 27.7. The van der Waals surface area contributed by atoms with Crippen molar-refractivity contribution in [3.05, 3.63) is 16.3 Å². The van der Waals surface area contributed by atoms with Gasteiger partial charge >= 0.3 is 0 Å². The monoisotopic (exact) mass is 303 g/mol. The maximum absolute atomic E-state index is 5.98. The van der Waals surface area contributed by atoms with Crippen LogP contribution in [0.5, 0.6) is 0 Å². The summed E-state index contributed by atoms with van der Waals surface area (Å²) in [5.74, 6) is 2.36. The number of hydrogen-bond acceptors (Lipinski definition) is 5. The zero-order chi connectivity index (χ0) is 14.6. The van der Waals surface area contributed by atoms with Crippen LogP contribution in [-0.4, -0.2) is 28.7 Å². The molecule has 2 aromatic heterocycles. The number of nitrogens with zero attached hydrogens (tertiary/aromatic N) is 2. The number of aromatic nitrogens is 2. The van der Waals surface area contributed by atoms with Gasteiger partial charge in [0.15, 0.2) is 0 Å². The van der Waals surface area contributed by atoms with Gasteiger partial charge in [-0.15, -0.1) is 11.3 Å². The second-order valence-corrected chi connectivity index (χ2v) is 7.34. The van der Waals surface area contributed by atoms with Crippen LogP contribution in [0.25, 0.3) is 10.2 Å². The maximum atomic E-state index is 5.98. The minimum Gasteiger partial charge on any atom is -0.374 e. The standard InChI is InChI=1S/C16H21N3OS/c1-4-17-15-13-8(2)9(3)21-16(13)19-14(18-15)11-7-10-5-6-12(11)20-10/h10-12H,4-7H2,1-3H3,(H,17,18,19). The Kier molecular flexibility index (Phi) is 3.15. The highest BCUT2D eigenvalue weighted by atomic mass is 32.1. The number of rotatable bonds is 3. The minimum atomic E-state index is 0.337. The Morgan fingerprint density at radius 3 is 2.81 bits per heavy atom. The lowest BCUT2D eigenvalue weighted by molar-refractivity contribution is 0.0999. The molecular formula is C16H21N3OS. The third kappa shape index (κ3) is 2.06. The Morgan fingerprint density at radius 1 is 1.29 bits per heavy atom. The number of ether oxygens (including phenoxy) is 1. The molecule has 4 heterocycles. The van der Waals surface area contributed by atoms with E-state index in [0.717, 1.165) is 35.9 Å². The number of aryl methyl sites for hydroxylation is 2. The molecular weight excluding hydrogens is 282 g/mol. The number of thiophene rings is 1. The van der Waals surface area contributed by atoms with Crippen molar-refractivity contribution in [3.63, 3.8) is 0 Å². The summed E-state index contributed by atoms with van der Waals surface area (Å²) in [5.41, 5.74) is 1.31. The fourth-order valence-electron chi connectivity index (χ4n) is 3.64. The molecule has 0 spiro atoms. The molecule has 4 nitrogen and oxygen atoms in total. The Hall–Kier alpha value is -1.20. The lowest BCUT2D eigenvalue weighted by Crippen LogP contribution is -2.18. The summed E-state index contributed by atoms with van der Waals surface area (Å²) in [6.07, 6.45) is 4.24. The van der Waals surface area contributed by atoms with Crippen LogP contribution >= 0.6 is 11.3 Å². The molecule has 1 N–H and O–H groups in total. The molecule has 2 aliphatic rings. The molecule has 0 aliphatic carbocycles. The average Bonchev–Trinajstić information content (AvgIpc) is 3.15. The second-order valence-electron chi connectivity index (χ2n) is 6.14. The van der Waals surface area contributed by atoms with Gasteiger partial charge in [0.25, 0.3) is 0 Å². The van der Waals surface area contributed by atoms with Crippen molar-refractivity contribution in [1.29, 1.82) is 0 Å². The first kappa shape index (κ1) is 13.5. The van der Waals surface area contributed by atoms with Crippen LogP contribution in [0.15, 0.2) is 0 Å². The van der Waals surface area contributed by atoms with Crippen molar-refractivity contribution >= 4 is 27.4 Å². The summed E-state index contributed by atoms with van der Waals surface area (Å²) in [5, 5.41) is 4.63. The summed E-state index contributed by atoms with van der Waals surface area (Å²) >= 11 is 1.78. The summed E-state index contributed by atoms with van der Waals surface area (Å²) in [6.45, 7) is 7.33. The highest BCUT2D eigenvalue weighted by Gasteiger charge is 2.43. The Labute approximate surface area is 128 Å². The zero-order valence-electron chi connectivity index (χ0n) is 12.8. The summed E-state index contributed by atoms with van der Waals surface area (Å²) in [7, 11) is 0. The van der Waals surface area contributed by atoms with E-state index in [1.165, 1.54) is 22.2 Å². The summed E-state index contributed by atoms with van der Waals surface area (Å²) < 4.78 is 5.98. The molecule has 0 aromatic carbocycles. The van der Waals surface area contributed by atoms with Gasteiger partial charge in [-0.3, -0.25) is 0 Å². The number of hydrogen-bond donors (Lipinski definition) is 1. The number of anilines is 1. The molecule has 0 amide bonds. The van der Waals surface area contributed by atoms with E-state index in [0.29, 0.717) is 18.1 Å². The van der Waals surface area contributed by atoms with Gasteiger partial charge in [0.2, 0.25) is 0 Å². The third-order valence-corrected chi connectivity index (χ3v) is 5.93. The molecule has 4 rings (SSSR count). The van der Waals surface area contributed by atoms with Crippen LogP contribution in [0.3, 0.4) is 0 Å². The van der Waals surface area contributed by atoms with Gasteiger partial charge in [-0.25, -0.2) is 9.97 Å². The predicted octanol–water partition coefficient (Wildman–Crippen LogP) is 3.77. The molecule has 2 aromatic rings. The molecule has 0 radical (unpaired) electrons. The van der Waals surface area contributed by atoms with Gasteiger partial charge < -0.3 is 10.1 Å². The lowest BCUT2D eigenvalue weighted by atomic mass is 9.88. The van der Waals surface area contributed by atoms with E-state index in [1.54, 1.807) is 11.3 Å². The second kappa shape index (κ2) is 4.92. The van der Waals surface area contributed by atoms with Gasteiger partial charge in [0.05, 0.1) is 17.6 Å². The van der Waals surface area contributed by atoms with E-state index in [9.17, 15) is 0 Å². The highest BCUT2D eigenvalue weighted by Crippen LogP contribution is 2.44. The average molecular weight is 303 g/mol. The molecule has 0 saturated carbocycles. The molecule has 2 fully saturated rings. The van der Waals surface area contributed by atoms with E-state index in [-0.39, 0.29) is 0 Å². The van der Waals surface area contributed by atoms with Gasteiger partial charge in [0.1, 0.15) is 16.5 Å². The summed E-state index contributed by atoms with van der Waals surface area (Å²) in [6, 6.07) is 0. The molecule has 3 atom stereocenters. The summed E-state index contributed by atoms with van der Waals surface area (Å²) in [4.78, 5) is 12.2. The minimum absolute atomic E-state index is 0.337. The lowest BCUT2D eigenvalue weighted by Gasteiger charge is -2.18. The van der Waals surface area contributed by atoms with E-state index in [2.05, 4.69) is 26.1 Å². The molecule has 2 saturated heterocycles. The van der Waals surface area contributed by atoms with Crippen molar-refractivity contribution < 1.29 is 4.74 Å². The fourth-order valence-corrected chi connectivity index (χ4v) is 4.67. The molecule has 2 bridgehead atoms. The number of fused-ring (bicyclic) bond motifs is 3. The molecule has 3 unspecified atom stereocenters. The Balaban J connectivity index is 1.83. The molecule has 2 aliphatic heterocycles. The Bertz CT molecular complexity index is 696. The molecule has 5 heteroatoms. The van der Waals surface area contributed by atoms with E-state index in [1.807, 2.05) is 0 Å². The van der Waals surface area contributed by atoms with Crippen molar-refractivity contribution in [3.8, 4) is 0 Å². The van der Waals surface area contributed by atoms with Crippen LogP contribution in [0.1, 0.15) is 48.4 Å². The first-order chi connectivity index (χ1) is 10.2. The van der Waals surface area contributed by atoms with Crippen LogP contribution in [0.2, 0.25) is 0 Å². The topological polar surface area (TPSA) is 47.0 Å². The van der Waals surface area contributed by atoms with E-state index in [4.69, 9.17) is 14.7 Å². The van der Waals surface area contributed by atoms with Crippen molar-refractivity contribution in [2.24, 2.45) is 0 Å². The molecule has 21 heavy (non-hydrogen) atoms. The quantitative estimate of drug-likeness (QED) is 0.937. The van der Waals surface area contributed by atoms with Gasteiger partial charge in [-0.05, 0) is 45.6 Å². The van der Waals surface area contributed by atoms with Crippen LogP contribution in [0, 0.1) is 13.8 Å². The van der Waals surface area contributed by atoms with Crippen molar-refractivity contribution in [2.45, 2.75) is 58.2 Å². The fraction of sp³-hybridized carbons (Fsp3) is 0.625. The smallest absolute Gasteiger partial charge is 0.138 e. The van der Waals surface area contributed by atoms with Gasteiger partial charge in [-0.2, -0.15) is 0 Å². The van der Waals surface area contributed by atoms with Crippen LogP contribution in [-0.2, 0) is 4.74 Å². The maximum Gasteiger partial charge on any atom is 0.138 e. The molecule has 112 valence electrons. The SMILES string of the molecule is CCNc1nc(C2CC3CCC2O3)nc2sc(C)c(C)c12. The largest absolute Gasteiger partial charge is 0.374 e. The predicted molar refractivity (Wildman–Crippen MR) is 86.3 cm³/mol. The third-order valence-electron chi connectivity index (χ3n) is 4.83. The Morgan fingerprint density at radius 2 is 2.14 bits per heavy atom. The highest BCUT2D eigenvalue weighted by molar-refractivity contribution is 7.18. The van der Waals surface area contributed by atoms with Crippen LogP contribution < -0.4 is 5.32 Å². The van der Waals surface area contributed by atoms with Crippen molar-refractivity contribution in [1.82, 2.24) is 9.97 Å². The number of nitrogens with one attached hydrogen (secondary N) is 1. The van der Waals surface area contributed by atoms with E-state index >= 15 is 0 Å². The van der Waals surface area contributed by atoms with Crippen LogP contribution in [0.4, 0.5) is 5.82 Å². The van der Waals surface area contributed by atoms with E-state index < -0.39 is 0 Å². The van der Waals surface area contributed by atoms with Gasteiger partial charge in [-0.1, -0.05) is 0 Å². The van der Waals surface area contributed by atoms with Crippen molar-refractivity contribution in [2.75, 3.05) is 11.9 Å². The first-order valence-corrected chi connectivity index (χ1v) is 8.66. The zero-order valence-corrected chi connectivity index (χ0v) is 13.6. The first-order valence-electron chi connectivity index (χ1n) is 7.84.